The standard InChI is InChI=1S/C24H24N4O3S/c1-16-17(2)32-23-22(16)24(30)28(15-27-23)11-9-20(29)26-13-19-8-10-25-21(12-19)31-14-18-6-4-3-5-7-18/h3-8,10,12,15H,9,11,13-14H2,1-2H3,(H,26,29). The van der Waals surface area contributed by atoms with Gasteiger partial charge in [0.05, 0.1) is 11.7 Å². The molecule has 0 aliphatic heterocycles. The van der Waals surface area contributed by atoms with Crippen molar-refractivity contribution in [2.45, 2.75) is 40.0 Å². The molecule has 1 aromatic carbocycles. The Kier molecular flexibility index (Phi) is 6.61. The zero-order valence-corrected chi connectivity index (χ0v) is 18.8. The lowest BCUT2D eigenvalue weighted by Crippen LogP contribution is -2.27. The molecular weight excluding hydrogens is 424 g/mol. The second-order valence-electron chi connectivity index (χ2n) is 7.51. The molecular formula is C24H24N4O3S. The Morgan fingerprint density at radius 2 is 1.94 bits per heavy atom. The van der Waals surface area contributed by atoms with Gasteiger partial charge in [-0.2, -0.15) is 0 Å². The van der Waals surface area contributed by atoms with Crippen molar-refractivity contribution in [3.63, 3.8) is 0 Å². The average molecular weight is 449 g/mol. The van der Waals surface area contributed by atoms with Crippen LogP contribution in [0, 0.1) is 13.8 Å². The van der Waals surface area contributed by atoms with Crippen molar-refractivity contribution in [3.8, 4) is 5.88 Å². The van der Waals surface area contributed by atoms with Gasteiger partial charge in [-0.3, -0.25) is 14.2 Å². The first-order valence-electron chi connectivity index (χ1n) is 10.3. The molecule has 1 amide bonds. The lowest BCUT2D eigenvalue weighted by molar-refractivity contribution is -0.121. The summed E-state index contributed by atoms with van der Waals surface area (Å²) >= 11 is 1.52. The number of ether oxygens (including phenoxy) is 1. The summed E-state index contributed by atoms with van der Waals surface area (Å²) in [4.78, 5) is 35.5. The Labute approximate surface area is 189 Å². The van der Waals surface area contributed by atoms with Gasteiger partial charge >= 0.3 is 0 Å². The number of fused-ring (bicyclic) bond motifs is 1. The van der Waals surface area contributed by atoms with Gasteiger partial charge in [0.2, 0.25) is 11.8 Å². The SMILES string of the molecule is Cc1sc2ncn(CCC(=O)NCc3ccnc(OCc4ccccc4)c3)c(=O)c2c1C. The summed E-state index contributed by atoms with van der Waals surface area (Å²) in [7, 11) is 0. The molecule has 0 radical (unpaired) electrons. The van der Waals surface area contributed by atoms with E-state index in [4.69, 9.17) is 4.74 Å². The predicted molar refractivity (Wildman–Crippen MR) is 125 cm³/mol. The average Bonchev–Trinajstić information content (AvgIpc) is 3.11. The maximum atomic E-state index is 12.7. The fraction of sp³-hybridized carbons (Fsp3) is 0.250. The normalized spacial score (nSPS) is 10.9. The smallest absolute Gasteiger partial charge is 0.262 e. The van der Waals surface area contributed by atoms with E-state index in [1.807, 2.05) is 56.3 Å². The molecule has 0 bridgehead atoms. The molecule has 0 saturated carbocycles. The molecule has 3 aromatic heterocycles. The molecule has 4 rings (SSSR count). The Hall–Kier alpha value is -3.52. The van der Waals surface area contributed by atoms with Gasteiger partial charge in [-0.25, -0.2) is 9.97 Å². The van der Waals surface area contributed by atoms with Gasteiger partial charge in [-0.1, -0.05) is 30.3 Å². The van der Waals surface area contributed by atoms with Crippen LogP contribution in [0.15, 0.2) is 59.8 Å². The third-order valence-electron chi connectivity index (χ3n) is 5.25. The van der Waals surface area contributed by atoms with Gasteiger partial charge in [0.15, 0.2) is 0 Å². The van der Waals surface area contributed by atoms with Crippen LogP contribution in [-0.2, 0) is 24.5 Å². The van der Waals surface area contributed by atoms with Crippen LogP contribution in [0.1, 0.15) is 28.0 Å². The first-order valence-corrected chi connectivity index (χ1v) is 11.2. The summed E-state index contributed by atoms with van der Waals surface area (Å²) in [6.07, 6.45) is 3.37. The molecule has 0 unspecified atom stereocenters. The van der Waals surface area contributed by atoms with Gasteiger partial charge in [-0.05, 0) is 36.6 Å². The molecule has 4 aromatic rings. The van der Waals surface area contributed by atoms with Crippen LogP contribution in [0.4, 0.5) is 0 Å². The first kappa shape index (κ1) is 21.7. The third-order valence-corrected chi connectivity index (χ3v) is 6.37. The van der Waals surface area contributed by atoms with Crippen LogP contribution in [0.25, 0.3) is 10.2 Å². The summed E-state index contributed by atoms with van der Waals surface area (Å²) < 4.78 is 7.24. The highest BCUT2D eigenvalue weighted by Gasteiger charge is 2.12. The van der Waals surface area contributed by atoms with Crippen molar-refractivity contribution in [1.29, 1.82) is 0 Å². The molecule has 0 spiro atoms. The van der Waals surface area contributed by atoms with Crippen LogP contribution < -0.4 is 15.6 Å². The molecule has 0 aliphatic rings. The second-order valence-corrected chi connectivity index (χ2v) is 8.71. The number of aryl methyl sites for hydroxylation is 3. The highest BCUT2D eigenvalue weighted by atomic mass is 32.1. The van der Waals surface area contributed by atoms with Crippen LogP contribution in [-0.4, -0.2) is 20.4 Å². The van der Waals surface area contributed by atoms with E-state index >= 15 is 0 Å². The van der Waals surface area contributed by atoms with Crippen molar-refractivity contribution in [2.24, 2.45) is 0 Å². The second kappa shape index (κ2) is 9.74. The summed E-state index contributed by atoms with van der Waals surface area (Å²) in [5.74, 6) is 0.367. The molecule has 3 heterocycles. The zero-order chi connectivity index (χ0) is 22.5. The molecule has 32 heavy (non-hydrogen) atoms. The van der Waals surface area contributed by atoms with Crippen molar-refractivity contribution in [3.05, 3.63) is 86.9 Å². The predicted octanol–water partition coefficient (Wildman–Crippen LogP) is 3.76. The van der Waals surface area contributed by atoms with Gasteiger partial charge < -0.3 is 10.1 Å². The summed E-state index contributed by atoms with van der Waals surface area (Å²) in [6, 6.07) is 13.5. The topological polar surface area (TPSA) is 86.1 Å². The van der Waals surface area contributed by atoms with Crippen LogP contribution in [0.3, 0.4) is 0 Å². The van der Waals surface area contributed by atoms with Crippen LogP contribution in [0.5, 0.6) is 5.88 Å². The highest BCUT2D eigenvalue weighted by Crippen LogP contribution is 2.25. The number of amides is 1. The monoisotopic (exact) mass is 448 g/mol. The van der Waals surface area contributed by atoms with E-state index in [1.165, 1.54) is 22.2 Å². The Morgan fingerprint density at radius 3 is 2.75 bits per heavy atom. The Bertz CT molecular complexity index is 1300. The first-order chi connectivity index (χ1) is 15.5. The van der Waals surface area contributed by atoms with Crippen molar-refractivity contribution >= 4 is 27.5 Å². The van der Waals surface area contributed by atoms with Gasteiger partial charge in [0.25, 0.3) is 5.56 Å². The summed E-state index contributed by atoms with van der Waals surface area (Å²) in [5, 5.41) is 3.53. The van der Waals surface area contributed by atoms with Crippen molar-refractivity contribution in [1.82, 2.24) is 19.9 Å². The number of hydrogen-bond acceptors (Lipinski definition) is 6. The third kappa shape index (κ3) is 5.03. The fourth-order valence-electron chi connectivity index (χ4n) is 3.31. The molecule has 0 fully saturated rings. The van der Waals surface area contributed by atoms with E-state index < -0.39 is 0 Å². The zero-order valence-electron chi connectivity index (χ0n) is 18.0. The number of pyridine rings is 1. The van der Waals surface area contributed by atoms with E-state index in [0.29, 0.717) is 24.4 Å². The van der Waals surface area contributed by atoms with Crippen LogP contribution >= 0.6 is 11.3 Å². The Morgan fingerprint density at radius 1 is 1.12 bits per heavy atom. The molecule has 0 aliphatic carbocycles. The molecule has 164 valence electrons. The number of hydrogen-bond donors (Lipinski definition) is 1. The van der Waals surface area contributed by atoms with Crippen LogP contribution in [0.2, 0.25) is 0 Å². The maximum absolute atomic E-state index is 12.7. The number of aromatic nitrogens is 3. The molecule has 0 saturated heterocycles. The largest absolute Gasteiger partial charge is 0.473 e. The van der Waals surface area contributed by atoms with Gasteiger partial charge in [0.1, 0.15) is 11.4 Å². The number of nitrogens with one attached hydrogen (secondary N) is 1. The quantitative estimate of drug-likeness (QED) is 0.444. The van der Waals surface area contributed by atoms with E-state index in [1.54, 1.807) is 6.20 Å². The number of thiophene rings is 1. The lowest BCUT2D eigenvalue weighted by Gasteiger charge is -2.09. The Balaban J connectivity index is 1.31. The molecule has 1 N–H and O–H groups in total. The minimum atomic E-state index is -0.140. The fourth-order valence-corrected chi connectivity index (χ4v) is 4.30. The van der Waals surface area contributed by atoms with E-state index in [9.17, 15) is 9.59 Å². The molecule has 8 heteroatoms. The van der Waals surface area contributed by atoms with E-state index in [0.717, 1.165) is 26.4 Å². The molecule has 7 nitrogen and oxygen atoms in total. The van der Waals surface area contributed by atoms with E-state index in [-0.39, 0.29) is 24.4 Å². The van der Waals surface area contributed by atoms with E-state index in [2.05, 4.69) is 15.3 Å². The maximum Gasteiger partial charge on any atom is 0.262 e. The van der Waals surface area contributed by atoms with Gasteiger partial charge in [0, 0.05) is 36.7 Å². The highest BCUT2D eigenvalue weighted by molar-refractivity contribution is 7.18. The summed E-state index contributed by atoms with van der Waals surface area (Å²) in [5.41, 5.74) is 2.81. The lowest BCUT2D eigenvalue weighted by atomic mass is 10.2. The molecule has 0 atom stereocenters. The van der Waals surface area contributed by atoms with Crippen molar-refractivity contribution in [2.75, 3.05) is 0 Å². The van der Waals surface area contributed by atoms with Crippen molar-refractivity contribution < 1.29 is 9.53 Å². The number of rotatable bonds is 8. The number of carbonyl (C=O) groups is 1. The van der Waals surface area contributed by atoms with Gasteiger partial charge in [-0.15, -0.1) is 11.3 Å². The minimum Gasteiger partial charge on any atom is -0.473 e. The number of nitrogens with zero attached hydrogens (tertiary/aromatic N) is 3. The number of carbonyl (C=O) groups excluding carboxylic acids is 1. The number of benzene rings is 1. The minimum absolute atomic E-state index is 0.0982. The summed E-state index contributed by atoms with van der Waals surface area (Å²) in [6.45, 7) is 4.98.